The molecule has 0 rings (SSSR count). The summed E-state index contributed by atoms with van der Waals surface area (Å²) in [6.07, 6.45) is 7.92. The normalized spacial score (nSPS) is 14.8. The Morgan fingerprint density at radius 1 is 0.267 bits per heavy atom. The van der Waals surface area contributed by atoms with E-state index in [1.54, 1.807) is 0 Å². The topological polar surface area (TPSA) is 490 Å². The molecule has 0 bridgehead atoms. The van der Waals surface area contributed by atoms with Gasteiger partial charge in [-0.3, -0.25) is 52.7 Å². The van der Waals surface area contributed by atoms with Gasteiger partial charge in [0.05, 0.1) is 0 Å². The fourth-order valence-electron chi connectivity index (χ4n) is 9.98. The maximum absolute atomic E-state index is 14.4. The smallest absolute Gasteiger partial charge is 0.243 e. The summed E-state index contributed by atoms with van der Waals surface area (Å²) in [6, 6.07) is -11.7. The highest BCUT2D eigenvalue weighted by molar-refractivity contribution is 5.99. The van der Waals surface area contributed by atoms with Crippen LogP contribution in [-0.2, 0) is 52.7 Å². The van der Waals surface area contributed by atoms with E-state index in [0.29, 0.717) is 25.7 Å². The summed E-state index contributed by atoms with van der Waals surface area (Å²) in [7, 11) is 0. The second-order valence-electron chi connectivity index (χ2n) is 25.3. The summed E-state index contributed by atoms with van der Waals surface area (Å²) in [5.41, 5.74) is 40.6. The Morgan fingerprint density at radius 2 is 0.467 bits per heavy atom. The summed E-state index contributed by atoms with van der Waals surface area (Å²) in [5, 5.41) is 27.5. The summed E-state index contributed by atoms with van der Waals surface area (Å²) < 4.78 is 0. The van der Waals surface area contributed by atoms with E-state index in [9.17, 15) is 52.7 Å². The molecule has 0 saturated carbocycles. The molecule has 0 saturated heterocycles. The molecular formula is C62H121N17O11. The fourth-order valence-corrected chi connectivity index (χ4v) is 9.98. The highest BCUT2D eigenvalue weighted by Gasteiger charge is 2.36. The second-order valence-corrected chi connectivity index (χ2v) is 25.3. The van der Waals surface area contributed by atoms with Crippen LogP contribution in [0.1, 0.15) is 204 Å². The molecule has 0 heterocycles. The van der Waals surface area contributed by atoms with E-state index in [-0.39, 0.29) is 159 Å². The Bertz CT molecular complexity index is 2150. The standard InChI is InChI=1S/C62H121N17O11/c1-10-11-12-13-14-27-52(80)70-42(21-15-28-63)54(82)71-46(25-19-32-67)58(86)78-51(37-41(8)9)62(90)79-50(36-40(6)7)61(89)75-44(23-17-30-65)56(84)73-47(26-20-33-68)59(87)77-49(35-39(4)5)60(88)74-43(22-16-29-64)55(83)72-45(24-18-31-66)57(85)76-48(53(69)81)34-38(2)3/h38-51H,10-37,63-68H2,1-9H3,(H2,69,81)(H,70,80)(H,71,82)(H,72,83)(H,73,84)(H,74,88)(H,75,89)(H,76,85)(H,77,87)(H,78,86)(H,79,90)/t42-,43-,44-,45-,46-,47-,48-,49-,50-,51-/m0/s1. The molecule has 0 aromatic rings. The van der Waals surface area contributed by atoms with E-state index in [2.05, 4.69) is 60.1 Å². The molecule has 11 amide bonds. The number of hydrogen-bond donors (Lipinski definition) is 17. The molecule has 0 aliphatic carbocycles. The van der Waals surface area contributed by atoms with E-state index in [4.69, 9.17) is 40.1 Å². The van der Waals surface area contributed by atoms with Crippen LogP contribution in [0.4, 0.5) is 0 Å². The van der Waals surface area contributed by atoms with Crippen LogP contribution in [-0.4, -0.2) is 165 Å². The summed E-state index contributed by atoms with van der Waals surface area (Å²) >= 11 is 0. The van der Waals surface area contributed by atoms with Gasteiger partial charge in [-0.2, -0.15) is 0 Å². The zero-order valence-electron chi connectivity index (χ0n) is 55.9. The van der Waals surface area contributed by atoms with E-state index in [0.717, 1.165) is 25.7 Å². The third-order valence-corrected chi connectivity index (χ3v) is 14.9. The summed E-state index contributed by atoms with van der Waals surface area (Å²) in [6.45, 7) is 17.9. The monoisotopic (exact) mass is 1280 g/mol. The van der Waals surface area contributed by atoms with Crippen LogP contribution in [0.3, 0.4) is 0 Å². The minimum Gasteiger partial charge on any atom is -0.368 e. The first-order valence-electron chi connectivity index (χ1n) is 33.2. The number of rotatable bonds is 52. The van der Waals surface area contributed by atoms with Crippen LogP contribution in [0.25, 0.3) is 0 Å². The maximum Gasteiger partial charge on any atom is 0.243 e. The van der Waals surface area contributed by atoms with Gasteiger partial charge in [-0.15, -0.1) is 0 Å². The molecule has 90 heavy (non-hydrogen) atoms. The van der Waals surface area contributed by atoms with Gasteiger partial charge in [-0.1, -0.05) is 88.0 Å². The molecule has 0 radical (unpaired) electrons. The lowest BCUT2D eigenvalue weighted by Gasteiger charge is -2.29. The first-order valence-corrected chi connectivity index (χ1v) is 33.2. The molecule has 28 heteroatoms. The fraction of sp³-hybridized carbons (Fsp3) is 0.823. The molecule has 28 nitrogen and oxygen atoms in total. The van der Waals surface area contributed by atoms with Crippen LogP contribution in [0.2, 0.25) is 0 Å². The molecule has 10 atom stereocenters. The van der Waals surface area contributed by atoms with Crippen molar-refractivity contribution in [1.82, 2.24) is 53.2 Å². The van der Waals surface area contributed by atoms with Gasteiger partial charge in [-0.05, 0) is 172 Å². The molecule has 0 spiro atoms. The summed E-state index contributed by atoms with van der Waals surface area (Å²) in [4.78, 5) is 153. The number of nitrogens with one attached hydrogen (secondary N) is 10. The van der Waals surface area contributed by atoms with Crippen molar-refractivity contribution in [2.45, 2.75) is 264 Å². The SMILES string of the molecule is CCCCCCCC(=O)N[C@@H](CCCN)C(=O)N[C@@H](CCCN)C(=O)N[C@@H](CC(C)C)C(=O)N[C@@H](CC(C)C)C(=O)N[C@@H](CCCN)C(=O)N[C@@H](CCCN)C(=O)N[C@@H](CC(C)C)C(=O)N[C@@H](CCCN)C(=O)N[C@@H](CCCN)C(=O)N[C@@H](CC(C)C)C(N)=O. The lowest BCUT2D eigenvalue weighted by atomic mass is 9.99. The van der Waals surface area contributed by atoms with Crippen LogP contribution in [0.5, 0.6) is 0 Å². The quantitative estimate of drug-likeness (QED) is 0.0335. The molecule has 0 aromatic heterocycles. The predicted octanol–water partition coefficient (Wildman–Crippen LogP) is -0.702. The van der Waals surface area contributed by atoms with Crippen LogP contribution >= 0.6 is 0 Å². The first kappa shape index (κ1) is 83.9. The van der Waals surface area contributed by atoms with Crippen molar-refractivity contribution < 1.29 is 52.7 Å². The highest BCUT2D eigenvalue weighted by atomic mass is 16.2. The predicted molar refractivity (Wildman–Crippen MR) is 349 cm³/mol. The Labute approximate surface area is 536 Å². The molecular weight excluding hydrogens is 1160 g/mol. The number of primary amides is 1. The first-order chi connectivity index (χ1) is 42.6. The zero-order valence-corrected chi connectivity index (χ0v) is 55.9. The molecule has 0 aliphatic heterocycles. The van der Waals surface area contributed by atoms with Crippen molar-refractivity contribution >= 4 is 65.0 Å². The van der Waals surface area contributed by atoms with E-state index in [1.165, 1.54) is 0 Å². The van der Waals surface area contributed by atoms with Crippen molar-refractivity contribution in [2.24, 2.45) is 63.8 Å². The molecule has 0 aromatic carbocycles. The van der Waals surface area contributed by atoms with Gasteiger partial charge in [0.2, 0.25) is 65.0 Å². The minimum absolute atomic E-state index is 0.00624. The molecule has 0 unspecified atom stereocenters. The van der Waals surface area contributed by atoms with Crippen molar-refractivity contribution in [3.63, 3.8) is 0 Å². The average molecular weight is 1280 g/mol. The van der Waals surface area contributed by atoms with E-state index < -0.39 is 119 Å². The lowest BCUT2D eigenvalue weighted by molar-refractivity contribution is -0.136. The van der Waals surface area contributed by atoms with E-state index >= 15 is 0 Å². The van der Waals surface area contributed by atoms with Crippen molar-refractivity contribution in [2.75, 3.05) is 39.3 Å². The minimum atomic E-state index is -1.29. The van der Waals surface area contributed by atoms with Crippen LogP contribution in [0.15, 0.2) is 0 Å². The molecule has 24 N–H and O–H groups in total. The Hall–Kier alpha value is -6.07. The Balaban J connectivity index is 6.80. The van der Waals surface area contributed by atoms with Crippen molar-refractivity contribution in [1.29, 1.82) is 0 Å². The van der Waals surface area contributed by atoms with Gasteiger partial charge in [0.1, 0.15) is 60.4 Å². The number of unbranched alkanes of at least 4 members (excludes halogenated alkanes) is 4. The van der Waals surface area contributed by atoms with Gasteiger partial charge in [0, 0.05) is 6.42 Å². The third-order valence-electron chi connectivity index (χ3n) is 14.9. The van der Waals surface area contributed by atoms with Crippen LogP contribution < -0.4 is 93.3 Å². The number of carbonyl (C=O) groups is 11. The van der Waals surface area contributed by atoms with Crippen LogP contribution in [0, 0.1) is 23.7 Å². The van der Waals surface area contributed by atoms with Crippen molar-refractivity contribution in [3.05, 3.63) is 0 Å². The third kappa shape index (κ3) is 36.7. The number of carbonyl (C=O) groups excluding carboxylic acids is 11. The highest BCUT2D eigenvalue weighted by Crippen LogP contribution is 2.15. The zero-order chi connectivity index (χ0) is 68.3. The Morgan fingerprint density at radius 3 is 0.689 bits per heavy atom. The Kier molecular flexibility index (Phi) is 45.4. The molecule has 0 fully saturated rings. The van der Waals surface area contributed by atoms with Gasteiger partial charge in [0.15, 0.2) is 0 Å². The largest absolute Gasteiger partial charge is 0.368 e. The van der Waals surface area contributed by atoms with Gasteiger partial charge >= 0.3 is 0 Å². The lowest BCUT2D eigenvalue weighted by Crippen LogP contribution is -2.61. The van der Waals surface area contributed by atoms with E-state index in [1.807, 2.05) is 55.4 Å². The molecule has 520 valence electrons. The average Bonchev–Trinajstić information content (AvgIpc) is 2.19. The van der Waals surface area contributed by atoms with Gasteiger partial charge < -0.3 is 93.3 Å². The molecule has 0 aliphatic rings. The number of amides is 11. The van der Waals surface area contributed by atoms with Crippen molar-refractivity contribution in [3.8, 4) is 0 Å². The van der Waals surface area contributed by atoms with Gasteiger partial charge in [0.25, 0.3) is 0 Å². The summed E-state index contributed by atoms with van der Waals surface area (Å²) in [5.74, 6) is -7.87. The second kappa shape index (κ2) is 48.7. The maximum atomic E-state index is 14.4. The number of nitrogens with two attached hydrogens (primary N) is 7. The number of hydrogen-bond acceptors (Lipinski definition) is 17. The van der Waals surface area contributed by atoms with Gasteiger partial charge in [-0.25, -0.2) is 0 Å².